The molecule has 4 aromatic rings. The number of hydrogen-bond acceptors (Lipinski definition) is 1. The summed E-state index contributed by atoms with van der Waals surface area (Å²) in [7, 11) is 0. The fourth-order valence-corrected chi connectivity index (χ4v) is 2.84. The van der Waals surface area contributed by atoms with Gasteiger partial charge in [0.05, 0.1) is 0 Å². The first-order chi connectivity index (χ1) is 11.4. The first-order valence-corrected chi connectivity index (χ1v) is 7.72. The Balaban J connectivity index is 1.90. The second-order valence-corrected chi connectivity index (χ2v) is 5.45. The highest BCUT2D eigenvalue weighted by molar-refractivity contribution is 5.88. The Kier molecular flexibility index (Phi) is 3.53. The molecular formula is C22H16N. The van der Waals surface area contributed by atoms with E-state index in [4.69, 9.17) is 0 Å². The molecule has 0 bridgehead atoms. The lowest BCUT2D eigenvalue weighted by Crippen LogP contribution is -2.09. The first-order valence-electron chi connectivity index (χ1n) is 7.72. The van der Waals surface area contributed by atoms with Crippen LogP contribution in [0.5, 0.6) is 0 Å². The summed E-state index contributed by atoms with van der Waals surface area (Å²) >= 11 is 0. The highest BCUT2D eigenvalue weighted by Gasteiger charge is 2.11. The zero-order valence-corrected chi connectivity index (χ0v) is 12.7. The molecule has 0 atom stereocenters. The fourth-order valence-electron chi connectivity index (χ4n) is 2.84. The average molecular weight is 294 g/mol. The molecule has 0 saturated heterocycles. The van der Waals surface area contributed by atoms with Crippen molar-refractivity contribution >= 4 is 27.8 Å². The summed E-state index contributed by atoms with van der Waals surface area (Å²) in [6.45, 7) is 0. The van der Waals surface area contributed by atoms with Crippen LogP contribution >= 0.6 is 0 Å². The van der Waals surface area contributed by atoms with Gasteiger partial charge in [-0.25, -0.2) is 0 Å². The second kappa shape index (κ2) is 5.98. The van der Waals surface area contributed by atoms with Gasteiger partial charge in [-0.15, -0.1) is 0 Å². The maximum absolute atomic E-state index is 3.32. The Hall–Kier alpha value is -3.06. The summed E-state index contributed by atoms with van der Waals surface area (Å²) in [6.07, 6.45) is 0. The molecule has 0 saturated carbocycles. The third-order valence-electron chi connectivity index (χ3n) is 3.93. The number of rotatable bonds is 3. The second-order valence-electron chi connectivity index (χ2n) is 5.45. The molecule has 0 aliphatic heterocycles. The molecular weight excluding hydrogens is 278 g/mol. The van der Waals surface area contributed by atoms with E-state index in [1.165, 1.54) is 5.39 Å². The van der Waals surface area contributed by atoms with Gasteiger partial charge in [-0.2, -0.15) is 0 Å². The van der Waals surface area contributed by atoms with Gasteiger partial charge in [0.25, 0.3) is 0 Å². The van der Waals surface area contributed by atoms with Gasteiger partial charge < -0.3 is 4.90 Å². The van der Waals surface area contributed by atoms with E-state index in [1.54, 1.807) is 0 Å². The number of fused-ring (bicyclic) bond motifs is 1. The zero-order chi connectivity index (χ0) is 15.5. The molecule has 0 spiro atoms. The Morgan fingerprint density at radius 3 is 1.87 bits per heavy atom. The molecule has 0 N–H and O–H groups in total. The summed E-state index contributed by atoms with van der Waals surface area (Å²) in [5.74, 6) is 0. The largest absolute Gasteiger partial charge is 0.310 e. The zero-order valence-electron chi connectivity index (χ0n) is 12.7. The van der Waals surface area contributed by atoms with Crippen LogP contribution in [0.3, 0.4) is 0 Å². The number of benzene rings is 4. The van der Waals surface area contributed by atoms with E-state index in [9.17, 15) is 0 Å². The van der Waals surface area contributed by atoms with Crippen molar-refractivity contribution in [1.29, 1.82) is 0 Å². The first kappa shape index (κ1) is 13.6. The molecule has 0 aliphatic rings. The minimum absolute atomic E-state index is 1.13. The van der Waals surface area contributed by atoms with Crippen molar-refractivity contribution in [2.45, 2.75) is 0 Å². The van der Waals surface area contributed by atoms with Gasteiger partial charge in [0.1, 0.15) is 0 Å². The lowest BCUT2D eigenvalue weighted by molar-refractivity contribution is 1.29. The van der Waals surface area contributed by atoms with Crippen molar-refractivity contribution in [2.75, 3.05) is 4.90 Å². The van der Waals surface area contributed by atoms with Crippen molar-refractivity contribution in [3.8, 4) is 0 Å². The molecule has 0 unspecified atom stereocenters. The van der Waals surface area contributed by atoms with Crippen LogP contribution < -0.4 is 4.90 Å². The fraction of sp³-hybridized carbons (Fsp3) is 0. The minimum Gasteiger partial charge on any atom is -0.310 e. The van der Waals surface area contributed by atoms with Gasteiger partial charge in [-0.05, 0) is 53.2 Å². The molecule has 0 aliphatic carbocycles. The summed E-state index contributed by atoms with van der Waals surface area (Å²) < 4.78 is 0. The monoisotopic (exact) mass is 294 g/mol. The topological polar surface area (TPSA) is 3.24 Å². The average Bonchev–Trinajstić information content (AvgIpc) is 2.64. The summed E-state index contributed by atoms with van der Waals surface area (Å²) in [6, 6.07) is 36.8. The molecule has 0 fully saturated rings. The predicted octanol–water partition coefficient (Wildman–Crippen LogP) is 6.11. The van der Waals surface area contributed by atoms with E-state index >= 15 is 0 Å². The van der Waals surface area contributed by atoms with Crippen LogP contribution in [0.15, 0.2) is 97.1 Å². The predicted molar refractivity (Wildman–Crippen MR) is 97.5 cm³/mol. The molecule has 0 aromatic heterocycles. The number of hydrogen-bond donors (Lipinski definition) is 0. The Bertz CT molecular complexity index is 874. The Morgan fingerprint density at radius 2 is 1.22 bits per heavy atom. The van der Waals surface area contributed by atoms with Crippen LogP contribution in [0.2, 0.25) is 0 Å². The number of para-hydroxylation sites is 2. The molecule has 1 heteroatoms. The van der Waals surface area contributed by atoms with Gasteiger partial charge in [-0.3, -0.25) is 0 Å². The molecule has 109 valence electrons. The van der Waals surface area contributed by atoms with Crippen molar-refractivity contribution < 1.29 is 0 Å². The number of anilines is 3. The summed E-state index contributed by atoms with van der Waals surface area (Å²) in [5, 5.41) is 2.33. The summed E-state index contributed by atoms with van der Waals surface area (Å²) in [5.41, 5.74) is 3.43. The molecule has 4 aromatic carbocycles. The molecule has 4 rings (SSSR count). The van der Waals surface area contributed by atoms with E-state index in [1.807, 2.05) is 24.3 Å². The van der Waals surface area contributed by atoms with E-state index in [0.29, 0.717) is 0 Å². The van der Waals surface area contributed by atoms with Gasteiger partial charge in [0, 0.05) is 17.1 Å². The highest BCUT2D eigenvalue weighted by Crippen LogP contribution is 2.35. The van der Waals surface area contributed by atoms with Gasteiger partial charge in [0.2, 0.25) is 0 Å². The van der Waals surface area contributed by atoms with E-state index in [0.717, 1.165) is 22.4 Å². The highest BCUT2D eigenvalue weighted by atomic mass is 15.1. The standard InChI is InChI=1S/C22H16N/c1-3-11-20(12-4-1)23(21-13-5-2-6-14-21)22-16-15-18-9-7-8-10-19(18)17-22/h1-9,11-17H. The van der Waals surface area contributed by atoms with Crippen LogP contribution in [0, 0.1) is 6.07 Å². The smallest absolute Gasteiger partial charge is 0.0468 e. The third-order valence-corrected chi connectivity index (χ3v) is 3.93. The molecule has 0 heterocycles. The molecule has 1 radical (unpaired) electrons. The number of nitrogens with zero attached hydrogens (tertiary/aromatic N) is 1. The quantitative estimate of drug-likeness (QED) is 0.440. The molecule has 0 amide bonds. The van der Waals surface area contributed by atoms with Crippen molar-refractivity contribution in [3.05, 3.63) is 103 Å². The molecule has 23 heavy (non-hydrogen) atoms. The van der Waals surface area contributed by atoms with Crippen LogP contribution in [0.1, 0.15) is 0 Å². The van der Waals surface area contributed by atoms with Gasteiger partial charge >= 0.3 is 0 Å². The van der Waals surface area contributed by atoms with E-state index in [2.05, 4.69) is 83.8 Å². The molecule has 1 nitrogen and oxygen atoms in total. The van der Waals surface area contributed by atoms with E-state index < -0.39 is 0 Å². The van der Waals surface area contributed by atoms with Gasteiger partial charge in [-0.1, -0.05) is 60.7 Å². The van der Waals surface area contributed by atoms with Crippen molar-refractivity contribution in [2.24, 2.45) is 0 Å². The third kappa shape index (κ3) is 2.69. The van der Waals surface area contributed by atoms with Crippen LogP contribution in [-0.2, 0) is 0 Å². The van der Waals surface area contributed by atoms with Crippen LogP contribution in [0.4, 0.5) is 17.1 Å². The summed E-state index contributed by atoms with van der Waals surface area (Å²) in [4.78, 5) is 2.26. The minimum atomic E-state index is 1.13. The Morgan fingerprint density at radius 1 is 0.565 bits per heavy atom. The maximum Gasteiger partial charge on any atom is 0.0468 e. The lowest BCUT2D eigenvalue weighted by atomic mass is 10.1. The van der Waals surface area contributed by atoms with Crippen LogP contribution in [-0.4, -0.2) is 0 Å². The SMILES string of the molecule is [c]1cccc2ccc(N(c3ccccc3)c3ccccc3)cc12. The maximum atomic E-state index is 3.32. The van der Waals surface area contributed by atoms with Crippen molar-refractivity contribution in [1.82, 2.24) is 0 Å². The Labute approximate surface area is 136 Å². The van der Waals surface area contributed by atoms with Crippen molar-refractivity contribution in [3.63, 3.8) is 0 Å². The van der Waals surface area contributed by atoms with Crippen LogP contribution in [0.25, 0.3) is 10.8 Å². The van der Waals surface area contributed by atoms with E-state index in [-0.39, 0.29) is 0 Å². The van der Waals surface area contributed by atoms with Gasteiger partial charge in [0.15, 0.2) is 0 Å². The normalized spacial score (nSPS) is 10.6. The lowest BCUT2D eigenvalue weighted by Gasteiger charge is -2.25.